The van der Waals surface area contributed by atoms with Gasteiger partial charge in [0.1, 0.15) is 11.2 Å². The number of aryl methyl sites for hydroxylation is 1. The van der Waals surface area contributed by atoms with Gasteiger partial charge in [0, 0.05) is 28.8 Å². The third-order valence-corrected chi connectivity index (χ3v) is 6.01. The van der Waals surface area contributed by atoms with Gasteiger partial charge in [-0.3, -0.25) is 23.3 Å². The molecule has 0 radical (unpaired) electrons. The van der Waals surface area contributed by atoms with E-state index in [1.165, 1.54) is 13.7 Å². The molecule has 0 aliphatic carbocycles. The Balaban J connectivity index is 2.22. The van der Waals surface area contributed by atoms with Crippen LogP contribution in [0.5, 0.6) is 0 Å². The second-order valence-corrected chi connectivity index (χ2v) is 8.83. The van der Waals surface area contributed by atoms with Crippen molar-refractivity contribution >= 4 is 38.3 Å². The maximum atomic E-state index is 13.6. The average molecular weight is 495 g/mol. The van der Waals surface area contributed by atoms with E-state index in [0.29, 0.717) is 28.3 Å². The third kappa shape index (κ3) is 3.50. The highest BCUT2D eigenvalue weighted by Crippen LogP contribution is 2.26. The predicted molar refractivity (Wildman–Crippen MR) is 132 cm³/mol. The van der Waals surface area contributed by atoms with Crippen LogP contribution in [-0.4, -0.2) is 13.7 Å². The molecule has 0 amide bonds. The first-order chi connectivity index (χ1) is 15.2. The number of aromatic nitrogens is 3. The number of hydrogen-bond donors (Lipinski definition) is 1. The molecule has 0 saturated heterocycles. The summed E-state index contributed by atoms with van der Waals surface area (Å²) in [6.45, 7) is 5.23. The Bertz CT molecular complexity index is 1500. The van der Waals surface area contributed by atoms with E-state index in [0.717, 1.165) is 4.47 Å². The van der Waals surface area contributed by atoms with Crippen molar-refractivity contribution in [2.45, 2.75) is 26.8 Å². The van der Waals surface area contributed by atoms with Crippen molar-refractivity contribution in [2.24, 2.45) is 7.05 Å². The zero-order chi connectivity index (χ0) is 23.2. The van der Waals surface area contributed by atoms with Gasteiger partial charge in [-0.2, -0.15) is 0 Å². The Hall–Kier alpha value is -3.39. The van der Waals surface area contributed by atoms with E-state index in [2.05, 4.69) is 21.2 Å². The van der Waals surface area contributed by atoms with Crippen molar-refractivity contribution in [1.29, 1.82) is 0 Å². The van der Waals surface area contributed by atoms with Crippen LogP contribution in [0.1, 0.15) is 25.5 Å². The Kier molecular flexibility index (Phi) is 5.64. The molecule has 0 aliphatic heterocycles. The molecule has 0 saturated carbocycles. The monoisotopic (exact) mass is 494 g/mol. The minimum atomic E-state index is -0.477. The number of anilines is 2. The van der Waals surface area contributed by atoms with Crippen molar-refractivity contribution < 1.29 is 0 Å². The summed E-state index contributed by atoms with van der Waals surface area (Å²) in [6.07, 6.45) is 0. The van der Waals surface area contributed by atoms with Gasteiger partial charge in [0.25, 0.3) is 11.1 Å². The molecule has 4 aromatic rings. The lowest BCUT2D eigenvalue weighted by atomic mass is 10.1. The minimum Gasteiger partial charge on any atom is -0.341 e. The van der Waals surface area contributed by atoms with Gasteiger partial charge in [-0.1, -0.05) is 34.1 Å². The van der Waals surface area contributed by atoms with Crippen LogP contribution in [0.15, 0.2) is 73.5 Å². The fraction of sp³-hybridized carbons (Fsp3) is 0.208. The van der Waals surface area contributed by atoms with Crippen molar-refractivity contribution in [3.8, 4) is 5.69 Å². The first kappa shape index (κ1) is 21.8. The summed E-state index contributed by atoms with van der Waals surface area (Å²) >= 11 is 3.41. The van der Waals surface area contributed by atoms with Crippen molar-refractivity contribution in [1.82, 2.24) is 13.7 Å². The molecule has 4 rings (SSSR count). The molecule has 7 nitrogen and oxygen atoms in total. The molecular formula is C24H23BrN4O3. The molecule has 0 bridgehead atoms. The Morgan fingerprint density at radius 1 is 0.906 bits per heavy atom. The van der Waals surface area contributed by atoms with Crippen molar-refractivity contribution in [2.75, 3.05) is 5.32 Å². The molecule has 0 aliphatic rings. The number of benzene rings is 2. The molecule has 0 spiro atoms. The number of hydrogen-bond acceptors (Lipinski definition) is 4. The molecule has 164 valence electrons. The number of halogens is 1. The van der Waals surface area contributed by atoms with E-state index in [9.17, 15) is 14.4 Å². The molecule has 2 aromatic heterocycles. The summed E-state index contributed by atoms with van der Waals surface area (Å²) in [6, 6.07) is 16.1. The van der Waals surface area contributed by atoms with E-state index in [-0.39, 0.29) is 17.0 Å². The molecule has 32 heavy (non-hydrogen) atoms. The quantitative estimate of drug-likeness (QED) is 0.460. The van der Waals surface area contributed by atoms with Crippen LogP contribution in [0.25, 0.3) is 16.6 Å². The molecule has 2 heterocycles. The number of pyridine rings is 1. The Labute approximate surface area is 192 Å². The maximum Gasteiger partial charge on any atom is 0.336 e. The van der Waals surface area contributed by atoms with Crippen LogP contribution in [0, 0.1) is 6.92 Å². The first-order valence-corrected chi connectivity index (χ1v) is 11.0. The fourth-order valence-corrected chi connectivity index (χ4v) is 4.17. The summed E-state index contributed by atoms with van der Waals surface area (Å²) in [5.41, 5.74) is 0.732. The zero-order valence-corrected chi connectivity index (χ0v) is 19.8. The lowest BCUT2D eigenvalue weighted by Gasteiger charge is -2.21. The van der Waals surface area contributed by atoms with Gasteiger partial charge in [0.15, 0.2) is 0 Å². The number of nitrogens with zero attached hydrogens (tertiary/aromatic N) is 3. The standard InChI is InChI=1S/C24H23BrN4O3/c1-14(2)28-23(31)19-20(29(24(28)32)18-8-6-5-7-9-18)15(3)22(30)27(4)21(19)26-17-12-10-16(25)11-13-17/h5-14,26H,1-4H3. The van der Waals surface area contributed by atoms with Gasteiger partial charge in [0.2, 0.25) is 0 Å². The van der Waals surface area contributed by atoms with Crippen LogP contribution in [0.2, 0.25) is 0 Å². The first-order valence-electron chi connectivity index (χ1n) is 10.2. The zero-order valence-electron chi connectivity index (χ0n) is 18.2. The normalized spacial score (nSPS) is 11.3. The van der Waals surface area contributed by atoms with E-state index in [1.54, 1.807) is 40.0 Å². The topological polar surface area (TPSA) is 78.0 Å². The molecule has 8 heteroatoms. The second-order valence-electron chi connectivity index (χ2n) is 7.92. The van der Waals surface area contributed by atoms with Gasteiger partial charge in [0.05, 0.1) is 11.2 Å². The van der Waals surface area contributed by atoms with Crippen molar-refractivity contribution in [3.63, 3.8) is 0 Å². The lowest BCUT2D eigenvalue weighted by Crippen LogP contribution is -2.42. The van der Waals surface area contributed by atoms with Crippen LogP contribution in [0.3, 0.4) is 0 Å². The largest absolute Gasteiger partial charge is 0.341 e. The maximum absolute atomic E-state index is 13.6. The number of nitrogens with one attached hydrogen (secondary N) is 1. The van der Waals surface area contributed by atoms with Crippen LogP contribution < -0.4 is 22.1 Å². The average Bonchev–Trinajstić information content (AvgIpc) is 2.77. The van der Waals surface area contributed by atoms with Crippen LogP contribution >= 0.6 is 15.9 Å². The van der Waals surface area contributed by atoms with Gasteiger partial charge in [-0.05, 0) is 57.2 Å². The highest BCUT2D eigenvalue weighted by atomic mass is 79.9. The SMILES string of the molecule is Cc1c(=O)n(C)c(Nc2ccc(Br)cc2)c2c(=O)n(C(C)C)c(=O)n(-c3ccccc3)c12. The Morgan fingerprint density at radius 3 is 2.12 bits per heavy atom. The van der Waals surface area contributed by atoms with E-state index in [4.69, 9.17) is 0 Å². The predicted octanol–water partition coefficient (Wildman–Crippen LogP) is 4.25. The summed E-state index contributed by atoms with van der Waals surface area (Å²) < 4.78 is 5.02. The summed E-state index contributed by atoms with van der Waals surface area (Å²) in [7, 11) is 1.62. The third-order valence-electron chi connectivity index (χ3n) is 5.48. The van der Waals surface area contributed by atoms with Crippen molar-refractivity contribution in [3.05, 3.63) is 95.8 Å². The number of rotatable bonds is 4. The van der Waals surface area contributed by atoms with E-state index >= 15 is 0 Å². The smallest absolute Gasteiger partial charge is 0.336 e. The minimum absolute atomic E-state index is 0.282. The lowest BCUT2D eigenvalue weighted by molar-refractivity contribution is 0.541. The summed E-state index contributed by atoms with van der Waals surface area (Å²) in [5.74, 6) is 0.335. The summed E-state index contributed by atoms with van der Waals surface area (Å²) in [4.78, 5) is 40.3. The van der Waals surface area contributed by atoms with Gasteiger partial charge in [-0.25, -0.2) is 4.79 Å². The molecule has 0 atom stereocenters. The molecular weight excluding hydrogens is 472 g/mol. The van der Waals surface area contributed by atoms with Gasteiger partial charge >= 0.3 is 5.69 Å². The number of para-hydroxylation sites is 1. The highest BCUT2D eigenvalue weighted by Gasteiger charge is 2.24. The number of fused-ring (bicyclic) bond motifs is 1. The molecule has 2 aromatic carbocycles. The van der Waals surface area contributed by atoms with Crippen LogP contribution in [-0.2, 0) is 7.05 Å². The second kappa shape index (κ2) is 8.27. The van der Waals surface area contributed by atoms with Gasteiger partial charge < -0.3 is 5.32 Å². The Morgan fingerprint density at radius 2 is 1.53 bits per heavy atom. The summed E-state index contributed by atoms with van der Waals surface area (Å²) in [5, 5.41) is 3.51. The van der Waals surface area contributed by atoms with E-state index < -0.39 is 11.2 Å². The molecule has 0 unspecified atom stereocenters. The van der Waals surface area contributed by atoms with E-state index in [1.807, 2.05) is 42.5 Å². The van der Waals surface area contributed by atoms with Gasteiger partial charge in [-0.15, -0.1) is 0 Å². The molecule has 0 fully saturated rings. The fourth-order valence-electron chi connectivity index (χ4n) is 3.90. The van der Waals surface area contributed by atoms with Crippen LogP contribution in [0.4, 0.5) is 11.5 Å². The highest BCUT2D eigenvalue weighted by molar-refractivity contribution is 9.10. The molecule has 1 N–H and O–H groups in total.